The summed E-state index contributed by atoms with van der Waals surface area (Å²) < 4.78 is 20.2. The predicted molar refractivity (Wildman–Crippen MR) is 60.9 cm³/mol. The Labute approximate surface area is 102 Å². The molecule has 6 heteroatoms. The van der Waals surface area contributed by atoms with Gasteiger partial charge in [0.25, 0.3) is 0 Å². The van der Waals surface area contributed by atoms with Gasteiger partial charge in [-0.25, -0.2) is 14.2 Å². The van der Waals surface area contributed by atoms with E-state index in [9.17, 15) is 9.18 Å². The number of carbonyl (C=O) groups is 1. The van der Waals surface area contributed by atoms with Crippen LogP contribution in [0.25, 0.3) is 0 Å². The molecule has 1 heterocycles. The standard InChI is InChI=1S/C12H11FN2O3/c1-15-3-2-14-11(15)7-18-10-5-8(12(16)17)4-9(13)6-10/h2-6H,7H2,1H3,(H,16,17). The van der Waals surface area contributed by atoms with Crippen molar-refractivity contribution >= 4 is 5.97 Å². The number of hydrogen-bond acceptors (Lipinski definition) is 3. The molecule has 0 saturated carbocycles. The zero-order chi connectivity index (χ0) is 13.1. The maximum absolute atomic E-state index is 13.2. The minimum Gasteiger partial charge on any atom is -0.486 e. The zero-order valence-corrected chi connectivity index (χ0v) is 9.63. The van der Waals surface area contributed by atoms with Crippen LogP contribution in [0, 0.1) is 5.82 Å². The topological polar surface area (TPSA) is 64.4 Å². The Hall–Kier alpha value is -2.37. The SMILES string of the molecule is Cn1ccnc1COc1cc(F)cc(C(=O)O)c1. The van der Waals surface area contributed by atoms with Crippen molar-refractivity contribution in [2.75, 3.05) is 0 Å². The van der Waals surface area contributed by atoms with E-state index in [1.54, 1.807) is 24.0 Å². The highest BCUT2D eigenvalue weighted by molar-refractivity contribution is 5.88. The number of halogens is 1. The summed E-state index contributed by atoms with van der Waals surface area (Å²) in [7, 11) is 1.81. The van der Waals surface area contributed by atoms with Gasteiger partial charge in [-0.2, -0.15) is 0 Å². The van der Waals surface area contributed by atoms with E-state index in [1.807, 2.05) is 0 Å². The molecule has 1 aromatic carbocycles. The summed E-state index contributed by atoms with van der Waals surface area (Å²) >= 11 is 0. The number of imidazole rings is 1. The molecule has 0 radical (unpaired) electrons. The second-order valence-electron chi connectivity index (χ2n) is 3.72. The molecule has 18 heavy (non-hydrogen) atoms. The van der Waals surface area contributed by atoms with Gasteiger partial charge in [-0.3, -0.25) is 0 Å². The summed E-state index contributed by atoms with van der Waals surface area (Å²) in [5, 5.41) is 8.79. The number of carboxylic acid groups (broad SMARTS) is 1. The predicted octanol–water partition coefficient (Wildman–Crippen LogP) is 1.84. The monoisotopic (exact) mass is 250 g/mol. The molecule has 0 aliphatic rings. The number of nitrogens with zero attached hydrogens (tertiary/aromatic N) is 2. The Morgan fingerprint density at radius 1 is 1.50 bits per heavy atom. The molecule has 1 aromatic heterocycles. The summed E-state index contributed by atoms with van der Waals surface area (Å²) in [6.45, 7) is 0.145. The van der Waals surface area contributed by atoms with Crippen LogP contribution in [0.3, 0.4) is 0 Å². The van der Waals surface area contributed by atoms with E-state index in [2.05, 4.69) is 4.98 Å². The quantitative estimate of drug-likeness (QED) is 0.899. The van der Waals surface area contributed by atoms with Crippen molar-refractivity contribution in [1.29, 1.82) is 0 Å². The fraction of sp³-hybridized carbons (Fsp3) is 0.167. The highest BCUT2D eigenvalue weighted by Crippen LogP contribution is 2.17. The molecule has 0 saturated heterocycles. The average Bonchev–Trinajstić information content (AvgIpc) is 2.71. The van der Waals surface area contributed by atoms with Gasteiger partial charge in [-0.1, -0.05) is 0 Å². The highest BCUT2D eigenvalue weighted by Gasteiger charge is 2.08. The lowest BCUT2D eigenvalue weighted by Crippen LogP contribution is -2.04. The minimum atomic E-state index is -1.20. The van der Waals surface area contributed by atoms with Gasteiger partial charge in [-0.05, 0) is 12.1 Å². The Kier molecular flexibility index (Phi) is 3.27. The van der Waals surface area contributed by atoms with Crippen LogP contribution >= 0.6 is 0 Å². The molecule has 1 N–H and O–H groups in total. The lowest BCUT2D eigenvalue weighted by atomic mass is 10.2. The van der Waals surface area contributed by atoms with E-state index >= 15 is 0 Å². The Balaban J connectivity index is 2.14. The van der Waals surface area contributed by atoms with Crippen molar-refractivity contribution < 1.29 is 19.0 Å². The number of aryl methyl sites for hydroxylation is 1. The first-order chi connectivity index (χ1) is 8.56. The van der Waals surface area contributed by atoms with Crippen molar-refractivity contribution in [3.05, 3.63) is 47.8 Å². The smallest absolute Gasteiger partial charge is 0.335 e. The van der Waals surface area contributed by atoms with Crippen LogP contribution in [0.2, 0.25) is 0 Å². The maximum atomic E-state index is 13.2. The molecule has 0 bridgehead atoms. The van der Waals surface area contributed by atoms with E-state index < -0.39 is 11.8 Å². The number of aromatic nitrogens is 2. The van der Waals surface area contributed by atoms with Crippen LogP contribution in [0.5, 0.6) is 5.75 Å². The van der Waals surface area contributed by atoms with Gasteiger partial charge in [0.05, 0.1) is 5.56 Å². The molecule has 0 aliphatic carbocycles. The van der Waals surface area contributed by atoms with Crippen molar-refractivity contribution in [3.63, 3.8) is 0 Å². The maximum Gasteiger partial charge on any atom is 0.335 e. The Bertz CT molecular complexity index is 580. The van der Waals surface area contributed by atoms with E-state index in [0.717, 1.165) is 12.1 Å². The third-order valence-corrected chi connectivity index (χ3v) is 2.41. The summed E-state index contributed by atoms with van der Waals surface area (Å²) in [4.78, 5) is 14.8. The molecule has 0 unspecified atom stereocenters. The van der Waals surface area contributed by atoms with Gasteiger partial charge < -0.3 is 14.4 Å². The van der Waals surface area contributed by atoms with Gasteiger partial charge in [0.15, 0.2) is 0 Å². The van der Waals surface area contributed by atoms with E-state index in [-0.39, 0.29) is 17.9 Å². The van der Waals surface area contributed by atoms with Gasteiger partial charge in [0.2, 0.25) is 0 Å². The molecular weight excluding hydrogens is 239 g/mol. The average molecular weight is 250 g/mol. The van der Waals surface area contributed by atoms with Crippen LogP contribution in [-0.4, -0.2) is 20.6 Å². The summed E-state index contributed by atoms with van der Waals surface area (Å²) in [5.41, 5.74) is -0.148. The number of hydrogen-bond donors (Lipinski definition) is 1. The Morgan fingerprint density at radius 2 is 2.28 bits per heavy atom. The zero-order valence-electron chi connectivity index (χ0n) is 9.63. The Morgan fingerprint density at radius 3 is 2.89 bits per heavy atom. The molecular formula is C12H11FN2O3. The third-order valence-electron chi connectivity index (χ3n) is 2.41. The molecule has 94 valence electrons. The third kappa shape index (κ3) is 2.65. The number of rotatable bonds is 4. The van der Waals surface area contributed by atoms with Gasteiger partial charge >= 0.3 is 5.97 Å². The number of aromatic carboxylic acids is 1. The van der Waals surface area contributed by atoms with Crippen molar-refractivity contribution in [2.45, 2.75) is 6.61 Å². The molecule has 0 atom stereocenters. The van der Waals surface area contributed by atoms with Crippen LogP contribution in [0.15, 0.2) is 30.6 Å². The van der Waals surface area contributed by atoms with E-state index in [4.69, 9.17) is 9.84 Å². The molecule has 5 nitrogen and oxygen atoms in total. The highest BCUT2D eigenvalue weighted by atomic mass is 19.1. The first-order valence-corrected chi connectivity index (χ1v) is 5.19. The van der Waals surface area contributed by atoms with Gasteiger partial charge in [-0.15, -0.1) is 0 Å². The molecule has 0 spiro atoms. The fourth-order valence-corrected chi connectivity index (χ4v) is 1.45. The van der Waals surface area contributed by atoms with Crippen LogP contribution < -0.4 is 4.74 Å². The first-order valence-electron chi connectivity index (χ1n) is 5.19. The second-order valence-corrected chi connectivity index (χ2v) is 3.72. The largest absolute Gasteiger partial charge is 0.486 e. The number of benzene rings is 1. The van der Waals surface area contributed by atoms with Crippen LogP contribution in [-0.2, 0) is 13.7 Å². The molecule has 2 aromatic rings. The minimum absolute atomic E-state index is 0.145. The fourth-order valence-electron chi connectivity index (χ4n) is 1.45. The van der Waals surface area contributed by atoms with Crippen molar-refractivity contribution in [2.24, 2.45) is 7.05 Å². The van der Waals surface area contributed by atoms with E-state index in [1.165, 1.54) is 6.07 Å². The molecule has 0 amide bonds. The summed E-state index contributed by atoms with van der Waals surface area (Å²) in [6.07, 6.45) is 3.37. The van der Waals surface area contributed by atoms with Crippen LogP contribution in [0.1, 0.15) is 16.2 Å². The number of carboxylic acids is 1. The van der Waals surface area contributed by atoms with E-state index in [0.29, 0.717) is 5.82 Å². The van der Waals surface area contributed by atoms with Crippen molar-refractivity contribution in [1.82, 2.24) is 9.55 Å². The molecule has 0 aliphatic heterocycles. The summed E-state index contributed by atoms with van der Waals surface area (Å²) in [6, 6.07) is 3.35. The molecule has 0 fully saturated rings. The first kappa shape index (κ1) is 12.1. The van der Waals surface area contributed by atoms with Gasteiger partial charge in [0, 0.05) is 25.5 Å². The molecule has 2 rings (SSSR count). The normalized spacial score (nSPS) is 10.3. The lowest BCUT2D eigenvalue weighted by molar-refractivity contribution is 0.0695. The lowest BCUT2D eigenvalue weighted by Gasteiger charge is -2.07. The summed E-state index contributed by atoms with van der Waals surface area (Å²) in [5.74, 6) is -1.02. The van der Waals surface area contributed by atoms with Gasteiger partial charge in [0.1, 0.15) is 24.0 Å². The van der Waals surface area contributed by atoms with Crippen molar-refractivity contribution in [3.8, 4) is 5.75 Å². The second kappa shape index (κ2) is 4.87. The number of ether oxygens (including phenoxy) is 1. The van der Waals surface area contributed by atoms with Crippen LogP contribution in [0.4, 0.5) is 4.39 Å².